The molecule has 0 saturated carbocycles. The van der Waals surface area contributed by atoms with Crippen LogP contribution in [0.3, 0.4) is 0 Å². The molecule has 2 amide bonds. The molecule has 116 valence electrons. The van der Waals surface area contributed by atoms with Gasteiger partial charge in [-0.3, -0.25) is 9.59 Å². The number of amides is 2. The quantitative estimate of drug-likeness (QED) is 0.731. The maximum Gasteiger partial charge on any atom is 0.408 e. The Bertz CT molecular complexity index is 360. The number of carbonyl (C=O) groups is 3. The van der Waals surface area contributed by atoms with Gasteiger partial charge >= 0.3 is 12.1 Å². The van der Waals surface area contributed by atoms with E-state index in [9.17, 15) is 14.4 Å². The molecule has 0 heterocycles. The van der Waals surface area contributed by atoms with E-state index in [1.807, 2.05) is 0 Å². The van der Waals surface area contributed by atoms with Gasteiger partial charge in [-0.15, -0.1) is 0 Å². The van der Waals surface area contributed by atoms with Crippen LogP contribution in [0.4, 0.5) is 4.79 Å². The monoisotopic (exact) mass is 288 g/mol. The summed E-state index contributed by atoms with van der Waals surface area (Å²) in [6.07, 6.45) is -0.676. The highest BCUT2D eigenvalue weighted by Crippen LogP contribution is 2.08. The van der Waals surface area contributed by atoms with E-state index in [4.69, 9.17) is 4.74 Å². The highest BCUT2D eigenvalue weighted by Gasteiger charge is 2.27. The first-order valence-corrected chi connectivity index (χ1v) is 6.41. The number of rotatable bonds is 5. The smallest absolute Gasteiger partial charge is 0.408 e. The Kier molecular flexibility index (Phi) is 7.02. The van der Waals surface area contributed by atoms with Gasteiger partial charge in [0.05, 0.1) is 7.11 Å². The lowest BCUT2D eigenvalue weighted by molar-refractivity contribution is -0.141. The van der Waals surface area contributed by atoms with Crippen LogP contribution in [-0.4, -0.2) is 43.3 Å². The summed E-state index contributed by atoms with van der Waals surface area (Å²) >= 11 is 0. The molecule has 0 aliphatic rings. The summed E-state index contributed by atoms with van der Waals surface area (Å²) < 4.78 is 9.52. The molecule has 0 rings (SSSR count). The molecular formula is C13H24N2O5. The van der Waals surface area contributed by atoms with Crippen LogP contribution in [0.1, 0.15) is 34.6 Å². The summed E-state index contributed by atoms with van der Waals surface area (Å²) in [4.78, 5) is 34.6. The molecule has 0 spiro atoms. The van der Waals surface area contributed by atoms with Crippen molar-refractivity contribution in [1.82, 2.24) is 10.6 Å². The molecular weight excluding hydrogens is 264 g/mol. The van der Waals surface area contributed by atoms with E-state index in [0.717, 1.165) is 0 Å². The van der Waals surface area contributed by atoms with Crippen LogP contribution in [0.15, 0.2) is 0 Å². The summed E-state index contributed by atoms with van der Waals surface area (Å²) in [5.41, 5.74) is -0.645. The lowest BCUT2D eigenvalue weighted by Crippen LogP contribution is -2.51. The SMILES string of the molecule is COC(=O)CNC(=O)[C@@H](NC(=O)OC(C)(C)C)C(C)C. The summed E-state index contributed by atoms with van der Waals surface area (Å²) in [6.45, 7) is 8.50. The van der Waals surface area contributed by atoms with E-state index >= 15 is 0 Å². The molecule has 0 aromatic carbocycles. The number of nitrogens with one attached hydrogen (secondary N) is 2. The average Bonchev–Trinajstić information content (AvgIpc) is 2.29. The van der Waals surface area contributed by atoms with Crippen molar-refractivity contribution in [1.29, 1.82) is 0 Å². The fourth-order valence-electron chi connectivity index (χ4n) is 1.31. The number of hydrogen-bond acceptors (Lipinski definition) is 5. The van der Waals surface area contributed by atoms with Crippen LogP contribution in [0.5, 0.6) is 0 Å². The van der Waals surface area contributed by atoms with Crippen LogP contribution in [0.25, 0.3) is 0 Å². The standard InChI is InChI=1S/C13H24N2O5/c1-8(2)10(11(17)14-7-9(16)19-6)15-12(18)20-13(3,4)5/h8,10H,7H2,1-6H3,(H,14,17)(H,15,18)/t10-/m0/s1. The summed E-state index contributed by atoms with van der Waals surface area (Å²) in [5.74, 6) is -1.17. The third-order valence-electron chi connectivity index (χ3n) is 2.26. The fraction of sp³-hybridized carbons (Fsp3) is 0.769. The third-order valence-corrected chi connectivity index (χ3v) is 2.26. The van der Waals surface area contributed by atoms with E-state index in [-0.39, 0.29) is 12.5 Å². The summed E-state index contributed by atoms with van der Waals surface area (Å²) in [7, 11) is 1.23. The van der Waals surface area contributed by atoms with Crippen molar-refractivity contribution in [3.05, 3.63) is 0 Å². The van der Waals surface area contributed by atoms with E-state index in [1.54, 1.807) is 34.6 Å². The number of hydrogen-bond donors (Lipinski definition) is 2. The lowest BCUT2D eigenvalue weighted by Gasteiger charge is -2.25. The Hall–Kier alpha value is -1.79. The topological polar surface area (TPSA) is 93.7 Å². The lowest BCUT2D eigenvalue weighted by atomic mass is 10.0. The van der Waals surface area contributed by atoms with Crippen molar-refractivity contribution < 1.29 is 23.9 Å². The van der Waals surface area contributed by atoms with E-state index in [0.29, 0.717) is 0 Å². The van der Waals surface area contributed by atoms with Crippen molar-refractivity contribution in [3.8, 4) is 0 Å². The molecule has 0 unspecified atom stereocenters. The van der Waals surface area contributed by atoms with Gasteiger partial charge in [0.15, 0.2) is 0 Å². The van der Waals surface area contributed by atoms with Crippen molar-refractivity contribution >= 4 is 18.0 Å². The second kappa shape index (κ2) is 7.72. The van der Waals surface area contributed by atoms with Gasteiger partial charge in [0.1, 0.15) is 18.2 Å². The van der Waals surface area contributed by atoms with Gasteiger partial charge in [0.25, 0.3) is 0 Å². The molecule has 20 heavy (non-hydrogen) atoms. The zero-order valence-corrected chi connectivity index (χ0v) is 12.9. The highest BCUT2D eigenvalue weighted by atomic mass is 16.6. The molecule has 0 radical (unpaired) electrons. The molecule has 2 N–H and O–H groups in total. The predicted octanol–water partition coefficient (Wildman–Crippen LogP) is 0.825. The van der Waals surface area contributed by atoms with Crippen LogP contribution >= 0.6 is 0 Å². The van der Waals surface area contributed by atoms with Crippen LogP contribution in [0.2, 0.25) is 0 Å². The maximum absolute atomic E-state index is 11.9. The molecule has 0 aromatic heterocycles. The fourth-order valence-corrected chi connectivity index (χ4v) is 1.31. The Morgan fingerprint density at radius 2 is 1.70 bits per heavy atom. The van der Waals surface area contributed by atoms with Crippen LogP contribution < -0.4 is 10.6 Å². The van der Waals surface area contributed by atoms with Gasteiger partial charge in [-0.1, -0.05) is 13.8 Å². The zero-order chi connectivity index (χ0) is 15.9. The van der Waals surface area contributed by atoms with E-state index < -0.39 is 29.6 Å². The Morgan fingerprint density at radius 1 is 1.15 bits per heavy atom. The van der Waals surface area contributed by atoms with Crippen molar-refractivity contribution in [3.63, 3.8) is 0 Å². The second-order valence-corrected chi connectivity index (χ2v) is 5.66. The first-order chi connectivity index (χ1) is 9.06. The molecule has 0 saturated heterocycles. The van der Waals surface area contributed by atoms with Gasteiger partial charge in [-0.2, -0.15) is 0 Å². The molecule has 0 aliphatic heterocycles. The normalized spacial score (nSPS) is 12.6. The minimum atomic E-state index is -0.783. The van der Waals surface area contributed by atoms with Gasteiger partial charge < -0.3 is 20.1 Å². The van der Waals surface area contributed by atoms with Crippen molar-refractivity contribution in [2.45, 2.75) is 46.3 Å². The highest BCUT2D eigenvalue weighted by molar-refractivity contribution is 5.88. The maximum atomic E-state index is 11.9. The molecule has 0 aromatic rings. The Labute approximate surface area is 119 Å². The molecule has 0 aliphatic carbocycles. The first kappa shape index (κ1) is 18.2. The number of carbonyl (C=O) groups excluding carboxylic acids is 3. The third kappa shape index (κ3) is 7.60. The Morgan fingerprint density at radius 3 is 2.10 bits per heavy atom. The summed E-state index contributed by atoms with van der Waals surface area (Å²) in [5, 5.41) is 4.89. The first-order valence-electron chi connectivity index (χ1n) is 6.41. The van der Waals surface area contributed by atoms with E-state index in [1.165, 1.54) is 7.11 Å². The minimum absolute atomic E-state index is 0.153. The summed E-state index contributed by atoms with van der Waals surface area (Å²) in [6, 6.07) is -0.783. The molecule has 7 nitrogen and oxygen atoms in total. The number of ether oxygens (including phenoxy) is 2. The van der Waals surface area contributed by atoms with Crippen LogP contribution in [-0.2, 0) is 19.1 Å². The number of alkyl carbamates (subject to hydrolysis) is 1. The molecule has 7 heteroatoms. The minimum Gasteiger partial charge on any atom is -0.468 e. The molecule has 0 bridgehead atoms. The Balaban J connectivity index is 4.53. The molecule has 0 fully saturated rings. The largest absolute Gasteiger partial charge is 0.468 e. The average molecular weight is 288 g/mol. The second-order valence-electron chi connectivity index (χ2n) is 5.66. The predicted molar refractivity (Wildman–Crippen MR) is 73.0 cm³/mol. The van der Waals surface area contributed by atoms with Gasteiger partial charge in [0.2, 0.25) is 5.91 Å². The van der Waals surface area contributed by atoms with E-state index in [2.05, 4.69) is 15.4 Å². The van der Waals surface area contributed by atoms with Gasteiger partial charge in [-0.25, -0.2) is 4.79 Å². The van der Waals surface area contributed by atoms with Gasteiger partial charge in [0, 0.05) is 0 Å². The zero-order valence-electron chi connectivity index (χ0n) is 12.9. The van der Waals surface area contributed by atoms with Crippen molar-refractivity contribution in [2.75, 3.05) is 13.7 Å². The van der Waals surface area contributed by atoms with Crippen LogP contribution in [0, 0.1) is 5.92 Å². The van der Waals surface area contributed by atoms with Gasteiger partial charge in [-0.05, 0) is 26.7 Å². The molecule has 1 atom stereocenters. The number of esters is 1. The van der Waals surface area contributed by atoms with Crippen molar-refractivity contribution in [2.24, 2.45) is 5.92 Å². The number of methoxy groups -OCH3 is 1.